The zero-order valence-corrected chi connectivity index (χ0v) is 21.6. The van der Waals surface area contributed by atoms with E-state index in [1.165, 1.54) is 23.5 Å². The van der Waals surface area contributed by atoms with Crippen LogP contribution < -0.4 is 0 Å². The highest BCUT2D eigenvalue weighted by Gasteiger charge is 2.47. The van der Waals surface area contributed by atoms with Gasteiger partial charge in [-0.3, -0.25) is 9.59 Å². The molecule has 0 amide bonds. The maximum atomic E-state index is 11.8. The molecule has 2 aliphatic rings. The maximum Gasteiger partial charge on any atom is 0.214 e. The molecule has 2 fully saturated rings. The fourth-order valence-electron chi connectivity index (χ4n) is 2.38. The van der Waals surface area contributed by atoms with Gasteiger partial charge in [-0.25, -0.2) is 0 Å². The monoisotopic (exact) mass is 498 g/mol. The van der Waals surface area contributed by atoms with E-state index < -0.39 is 0 Å². The summed E-state index contributed by atoms with van der Waals surface area (Å²) in [4.78, 5) is 23.5. The molecule has 0 bridgehead atoms. The van der Waals surface area contributed by atoms with Crippen molar-refractivity contribution in [1.82, 2.24) is 0 Å². The van der Waals surface area contributed by atoms with E-state index in [2.05, 4.69) is 20.1 Å². The van der Waals surface area contributed by atoms with E-state index in [4.69, 9.17) is 12.6 Å². The molecule has 0 aromatic heterocycles. The Kier molecular flexibility index (Phi) is 10.0. The molecule has 2 aliphatic heterocycles. The molecule has 2 rings (SSSR count). The lowest BCUT2D eigenvalue weighted by atomic mass is 10.2. The minimum Gasteiger partial charge on any atom is -0.282 e. The number of thioether (sulfide) groups is 6. The molecule has 2 heterocycles. The SMILES string of the molecule is C=C(C)C(=O)SCC1CSC(C(C)(S)C2SCC(CSC(=O)C(=C)C)S2)S1. The van der Waals surface area contributed by atoms with Gasteiger partial charge in [-0.15, -0.1) is 47.0 Å². The van der Waals surface area contributed by atoms with Gasteiger partial charge >= 0.3 is 0 Å². The minimum atomic E-state index is -0.0970. The molecule has 152 valence electrons. The van der Waals surface area contributed by atoms with Crippen LogP contribution in [-0.2, 0) is 9.59 Å². The van der Waals surface area contributed by atoms with E-state index in [9.17, 15) is 9.59 Å². The smallest absolute Gasteiger partial charge is 0.214 e. The third-order valence-electron chi connectivity index (χ3n) is 3.95. The van der Waals surface area contributed by atoms with Crippen LogP contribution in [0.4, 0.5) is 0 Å². The summed E-state index contributed by atoms with van der Waals surface area (Å²) in [6.07, 6.45) is 0. The van der Waals surface area contributed by atoms with Crippen molar-refractivity contribution in [2.75, 3.05) is 23.0 Å². The first-order valence-corrected chi connectivity index (χ1v) is 14.9. The summed E-state index contributed by atoms with van der Waals surface area (Å²) in [6, 6.07) is 0. The van der Waals surface area contributed by atoms with Crippen molar-refractivity contribution >= 4 is 93.4 Å². The number of thiol groups is 1. The van der Waals surface area contributed by atoms with Crippen LogP contribution in [0.2, 0.25) is 0 Å². The van der Waals surface area contributed by atoms with Gasteiger partial charge in [-0.2, -0.15) is 12.6 Å². The quantitative estimate of drug-likeness (QED) is 0.337. The summed E-state index contributed by atoms with van der Waals surface area (Å²) < 4.78 is 0.736. The highest BCUT2D eigenvalue weighted by molar-refractivity contribution is 8.24. The normalized spacial score (nSPS) is 30.1. The van der Waals surface area contributed by atoms with Gasteiger partial charge in [0.2, 0.25) is 10.2 Å². The standard InChI is InChI=1S/C18H26O2S7/c1-10(2)14(19)22-6-12-8-24-16(26-12)18(5,21)17-25-9-13(27-17)7-23-15(20)11(3)4/h12-13,16-17,21H,1,3,6-9H2,2,4-5H3. The van der Waals surface area contributed by atoms with Crippen LogP contribution in [-0.4, -0.2) is 57.7 Å². The first-order valence-electron chi connectivity index (χ1n) is 8.53. The number of hydrogen-bond acceptors (Lipinski definition) is 9. The predicted molar refractivity (Wildman–Crippen MR) is 137 cm³/mol. The van der Waals surface area contributed by atoms with Crippen molar-refractivity contribution in [2.24, 2.45) is 0 Å². The maximum absolute atomic E-state index is 11.8. The summed E-state index contributed by atoms with van der Waals surface area (Å²) in [7, 11) is 0. The molecular formula is C18H26O2S7. The Bertz CT molecular complexity index is 555. The predicted octanol–water partition coefficient (Wildman–Crippen LogP) is 5.70. The Labute approximate surface area is 194 Å². The molecule has 0 aromatic rings. The molecule has 0 N–H and O–H groups in total. The first kappa shape index (κ1) is 24.5. The van der Waals surface area contributed by atoms with E-state index in [-0.39, 0.29) is 15.0 Å². The molecule has 0 aliphatic carbocycles. The summed E-state index contributed by atoms with van der Waals surface area (Å²) in [5.74, 6) is 3.82. The second-order valence-corrected chi connectivity index (χ2v) is 15.5. The third kappa shape index (κ3) is 7.17. The van der Waals surface area contributed by atoms with Crippen LogP contribution in [0, 0.1) is 0 Å². The Morgan fingerprint density at radius 1 is 0.963 bits per heavy atom. The van der Waals surface area contributed by atoms with Crippen LogP contribution in [0.1, 0.15) is 20.8 Å². The van der Waals surface area contributed by atoms with Crippen molar-refractivity contribution < 1.29 is 9.59 Å². The molecule has 0 radical (unpaired) electrons. The number of carbonyl (C=O) groups is 2. The van der Waals surface area contributed by atoms with Crippen LogP contribution in [0.3, 0.4) is 0 Å². The van der Waals surface area contributed by atoms with Crippen molar-refractivity contribution in [3.8, 4) is 0 Å². The topological polar surface area (TPSA) is 34.1 Å². The zero-order chi connectivity index (χ0) is 20.2. The summed E-state index contributed by atoms with van der Waals surface area (Å²) >= 11 is 15.7. The fourth-order valence-corrected chi connectivity index (χ4v) is 12.9. The second kappa shape index (κ2) is 11.0. The molecule has 2 nitrogen and oxygen atoms in total. The van der Waals surface area contributed by atoms with Gasteiger partial charge in [0.05, 0.1) is 13.9 Å². The van der Waals surface area contributed by atoms with Gasteiger partial charge in [0.1, 0.15) is 0 Å². The van der Waals surface area contributed by atoms with Crippen LogP contribution >= 0.6 is 83.2 Å². The number of rotatable bonds is 8. The number of carbonyl (C=O) groups excluding carboxylic acids is 2. The lowest BCUT2D eigenvalue weighted by Crippen LogP contribution is -2.36. The highest BCUT2D eigenvalue weighted by atomic mass is 32.2. The van der Waals surface area contributed by atoms with E-state index in [0.29, 0.717) is 30.8 Å². The highest BCUT2D eigenvalue weighted by Crippen LogP contribution is 2.56. The average Bonchev–Trinajstić information content (AvgIpc) is 3.27. The van der Waals surface area contributed by atoms with Gasteiger partial charge in [-0.05, 0) is 31.9 Å². The van der Waals surface area contributed by atoms with E-state index in [1.807, 2.05) is 47.0 Å². The van der Waals surface area contributed by atoms with Gasteiger partial charge in [-0.1, -0.05) is 36.7 Å². The summed E-state index contributed by atoms with van der Waals surface area (Å²) in [5.41, 5.74) is 1.25. The Morgan fingerprint density at radius 3 is 1.67 bits per heavy atom. The number of hydrogen-bond donors (Lipinski definition) is 1. The van der Waals surface area contributed by atoms with Crippen LogP contribution in [0.5, 0.6) is 0 Å². The van der Waals surface area contributed by atoms with Crippen LogP contribution in [0.15, 0.2) is 24.3 Å². The van der Waals surface area contributed by atoms with Gasteiger partial charge < -0.3 is 0 Å². The zero-order valence-electron chi connectivity index (χ0n) is 15.8. The summed E-state index contributed by atoms with van der Waals surface area (Å²) in [6.45, 7) is 13.2. The largest absolute Gasteiger partial charge is 0.282 e. The average molecular weight is 499 g/mol. The molecule has 0 aromatic carbocycles. The van der Waals surface area contributed by atoms with E-state index in [1.54, 1.807) is 13.8 Å². The molecule has 9 heteroatoms. The van der Waals surface area contributed by atoms with Gasteiger partial charge in [0.15, 0.2) is 0 Å². The first-order chi connectivity index (χ1) is 12.6. The van der Waals surface area contributed by atoms with E-state index >= 15 is 0 Å². The molecule has 2 saturated heterocycles. The van der Waals surface area contributed by atoms with Crippen molar-refractivity contribution in [3.63, 3.8) is 0 Å². The Balaban J connectivity index is 1.80. The Morgan fingerprint density at radius 2 is 1.33 bits per heavy atom. The second-order valence-electron chi connectivity index (χ2n) is 6.83. The third-order valence-corrected chi connectivity index (χ3v) is 15.5. The van der Waals surface area contributed by atoms with Crippen LogP contribution in [0.25, 0.3) is 0 Å². The molecule has 4 atom stereocenters. The molecular weight excluding hydrogens is 473 g/mol. The molecule has 0 spiro atoms. The van der Waals surface area contributed by atoms with E-state index in [0.717, 1.165) is 23.0 Å². The van der Waals surface area contributed by atoms with Gasteiger partial charge in [0.25, 0.3) is 0 Å². The van der Waals surface area contributed by atoms with Gasteiger partial charge in [0, 0.05) is 33.5 Å². The Hall–Kier alpha value is 1.27. The molecule has 27 heavy (non-hydrogen) atoms. The molecule has 4 unspecified atom stereocenters. The summed E-state index contributed by atoms with van der Waals surface area (Å²) in [5, 5.41) is 1.17. The van der Waals surface area contributed by atoms with Crippen molar-refractivity contribution in [2.45, 2.75) is 45.2 Å². The minimum absolute atomic E-state index is 0.0970. The van der Waals surface area contributed by atoms with Crippen molar-refractivity contribution in [3.05, 3.63) is 24.3 Å². The van der Waals surface area contributed by atoms with Crippen molar-refractivity contribution in [1.29, 1.82) is 0 Å². The fraction of sp³-hybridized carbons (Fsp3) is 0.667. The lowest BCUT2D eigenvalue weighted by Gasteiger charge is -2.34. The molecule has 0 saturated carbocycles. The lowest BCUT2D eigenvalue weighted by molar-refractivity contribution is -0.108.